The fourth-order valence-corrected chi connectivity index (χ4v) is 4.27. The number of ether oxygens (including phenoxy) is 1. The van der Waals surface area contributed by atoms with Gasteiger partial charge in [-0.2, -0.15) is 9.41 Å². The number of sulfonamides is 1. The Morgan fingerprint density at radius 2 is 1.86 bits per heavy atom. The van der Waals surface area contributed by atoms with E-state index >= 15 is 0 Å². The van der Waals surface area contributed by atoms with Gasteiger partial charge >= 0.3 is 0 Å². The second kappa shape index (κ2) is 8.60. The molecular formula is C19H21N3O6S. The highest BCUT2D eigenvalue weighted by Crippen LogP contribution is 2.23. The second-order valence-corrected chi connectivity index (χ2v) is 8.32. The van der Waals surface area contributed by atoms with Gasteiger partial charge < -0.3 is 14.9 Å². The van der Waals surface area contributed by atoms with Crippen LogP contribution in [-0.4, -0.2) is 60.9 Å². The van der Waals surface area contributed by atoms with E-state index in [2.05, 4.69) is 10.5 Å². The molecule has 0 atom stereocenters. The van der Waals surface area contributed by atoms with Gasteiger partial charge in [0.2, 0.25) is 10.0 Å². The van der Waals surface area contributed by atoms with Gasteiger partial charge in [-0.1, -0.05) is 6.07 Å². The molecule has 10 heteroatoms. The summed E-state index contributed by atoms with van der Waals surface area (Å²) in [7, 11) is -3.72. The van der Waals surface area contributed by atoms with Gasteiger partial charge in [0.25, 0.3) is 5.91 Å². The Hall–Kier alpha value is -2.95. The first-order chi connectivity index (χ1) is 13.8. The number of phenols is 2. The maximum absolute atomic E-state index is 12.7. The molecule has 1 amide bonds. The standard InChI is InChI=1S/C19H21N3O6S/c1-13(17-6-5-15(23)12-18(17)24)20-21-19(25)14-3-2-4-16(11-14)29(26,27)22-7-9-28-10-8-22/h2-6,11-12,23-24H,7-10H2,1H3,(H,21,25)/b20-13+. The number of morpholine rings is 1. The minimum Gasteiger partial charge on any atom is -0.508 e. The first-order valence-electron chi connectivity index (χ1n) is 8.84. The van der Waals surface area contributed by atoms with E-state index in [0.717, 1.165) is 6.07 Å². The highest BCUT2D eigenvalue weighted by molar-refractivity contribution is 7.89. The highest BCUT2D eigenvalue weighted by Gasteiger charge is 2.26. The van der Waals surface area contributed by atoms with Crippen molar-refractivity contribution in [2.24, 2.45) is 5.10 Å². The van der Waals surface area contributed by atoms with Crippen LogP contribution in [0, 0.1) is 0 Å². The van der Waals surface area contributed by atoms with E-state index in [4.69, 9.17) is 4.74 Å². The minimum atomic E-state index is -3.72. The average Bonchev–Trinajstić information content (AvgIpc) is 2.72. The molecule has 1 aliphatic heterocycles. The maximum atomic E-state index is 12.7. The molecule has 0 aliphatic carbocycles. The zero-order valence-corrected chi connectivity index (χ0v) is 16.5. The van der Waals surface area contributed by atoms with Gasteiger partial charge in [0.15, 0.2) is 0 Å². The maximum Gasteiger partial charge on any atom is 0.271 e. The van der Waals surface area contributed by atoms with Gasteiger partial charge in [-0.05, 0) is 37.3 Å². The number of benzene rings is 2. The van der Waals surface area contributed by atoms with E-state index in [9.17, 15) is 23.4 Å². The molecule has 9 nitrogen and oxygen atoms in total. The summed E-state index contributed by atoms with van der Waals surface area (Å²) in [6.07, 6.45) is 0. The molecule has 0 aromatic heterocycles. The van der Waals surface area contributed by atoms with E-state index in [-0.39, 0.29) is 35.0 Å². The lowest BCUT2D eigenvalue weighted by Crippen LogP contribution is -2.40. The Bertz CT molecular complexity index is 1050. The van der Waals surface area contributed by atoms with Crippen molar-refractivity contribution >= 4 is 21.6 Å². The van der Waals surface area contributed by atoms with E-state index in [1.54, 1.807) is 6.92 Å². The molecule has 0 unspecified atom stereocenters. The lowest BCUT2D eigenvalue weighted by molar-refractivity contribution is 0.0730. The monoisotopic (exact) mass is 419 g/mol. The predicted molar refractivity (Wildman–Crippen MR) is 105 cm³/mol. The number of nitrogens with zero attached hydrogens (tertiary/aromatic N) is 2. The third-order valence-electron chi connectivity index (χ3n) is 4.40. The van der Waals surface area contributed by atoms with Crippen molar-refractivity contribution in [2.75, 3.05) is 26.3 Å². The van der Waals surface area contributed by atoms with Gasteiger partial charge in [0.1, 0.15) is 11.5 Å². The molecule has 1 fully saturated rings. The number of rotatable bonds is 5. The van der Waals surface area contributed by atoms with Crippen molar-refractivity contribution in [3.05, 3.63) is 53.6 Å². The van der Waals surface area contributed by atoms with Crippen molar-refractivity contribution in [3.8, 4) is 11.5 Å². The van der Waals surface area contributed by atoms with Crippen molar-refractivity contribution in [3.63, 3.8) is 0 Å². The number of phenolic OH excluding ortho intramolecular Hbond substituents is 2. The van der Waals surface area contributed by atoms with Crippen LogP contribution in [0.2, 0.25) is 0 Å². The molecule has 3 N–H and O–H groups in total. The van der Waals surface area contributed by atoms with Crippen molar-refractivity contribution < 1.29 is 28.2 Å². The smallest absolute Gasteiger partial charge is 0.271 e. The zero-order valence-electron chi connectivity index (χ0n) is 15.7. The van der Waals surface area contributed by atoms with Gasteiger partial charge in [-0.25, -0.2) is 13.8 Å². The molecule has 0 bridgehead atoms. The number of amides is 1. The molecule has 1 saturated heterocycles. The fourth-order valence-electron chi connectivity index (χ4n) is 2.82. The first kappa shape index (κ1) is 20.8. The molecular weight excluding hydrogens is 398 g/mol. The first-order valence-corrected chi connectivity index (χ1v) is 10.3. The highest BCUT2D eigenvalue weighted by atomic mass is 32.2. The summed E-state index contributed by atoms with van der Waals surface area (Å²) in [5, 5.41) is 23.1. The van der Waals surface area contributed by atoms with Crippen LogP contribution in [0.3, 0.4) is 0 Å². The summed E-state index contributed by atoms with van der Waals surface area (Å²) in [4.78, 5) is 12.4. The minimum absolute atomic E-state index is 0.0175. The van der Waals surface area contributed by atoms with Crippen LogP contribution < -0.4 is 5.43 Å². The number of hydrogen-bond donors (Lipinski definition) is 3. The Balaban J connectivity index is 1.77. The fraction of sp³-hybridized carbons (Fsp3) is 0.263. The van der Waals surface area contributed by atoms with Crippen molar-refractivity contribution in [1.29, 1.82) is 0 Å². The number of carbonyl (C=O) groups excluding carboxylic acids is 1. The Morgan fingerprint density at radius 3 is 2.55 bits per heavy atom. The third kappa shape index (κ3) is 4.73. The quantitative estimate of drug-likeness (QED) is 0.495. The van der Waals surface area contributed by atoms with Gasteiger partial charge in [-0.15, -0.1) is 0 Å². The van der Waals surface area contributed by atoms with Gasteiger partial charge in [-0.3, -0.25) is 4.79 Å². The van der Waals surface area contributed by atoms with Crippen molar-refractivity contribution in [1.82, 2.24) is 9.73 Å². The van der Waals surface area contributed by atoms with Gasteiger partial charge in [0, 0.05) is 30.3 Å². The van der Waals surface area contributed by atoms with Crippen LogP contribution in [0.5, 0.6) is 11.5 Å². The molecule has 154 valence electrons. The molecule has 0 spiro atoms. The Morgan fingerprint density at radius 1 is 1.14 bits per heavy atom. The summed E-state index contributed by atoms with van der Waals surface area (Å²) in [5.41, 5.74) is 3.13. The summed E-state index contributed by atoms with van der Waals surface area (Å²) in [6.45, 7) is 2.76. The van der Waals surface area contributed by atoms with Crippen molar-refractivity contribution in [2.45, 2.75) is 11.8 Å². The largest absolute Gasteiger partial charge is 0.508 e. The SMILES string of the molecule is C/C(=N\NC(=O)c1cccc(S(=O)(=O)N2CCOCC2)c1)c1ccc(O)cc1O. The number of aromatic hydroxyl groups is 2. The Labute approximate surface area is 168 Å². The lowest BCUT2D eigenvalue weighted by atomic mass is 10.1. The molecule has 1 aliphatic rings. The molecule has 2 aromatic carbocycles. The van der Waals surface area contributed by atoms with Crippen LogP contribution >= 0.6 is 0 Å². The van der Waals surface area contributed by atoms with Crippen LogP contribution in [0.1, 0.15) is 22.8 Å². The van der Waals surface area contributed by atoms with Gasteiger partial charge in [0.05, 0.1) is 23.8 Å². The number of hydrazone groups is 1. The summed E-state index contributed by atoms with van der Waals surface area (Å²) in [5.74, 6) is -0.873. The summed E-state index contributed by atoms with van der Waals surface area (Å²) < 4.78 is 32.0. The predicted octanol–water partition coefficient (Wildman–Crippen LogP) is 1.27. The molecule has 0 radical (unpaired) electrons. The summed E-state index contributed by atoms with van der Waals surface area (Å²) >= 11 is 0. The Kier molecular flexibility index (Phi) is 6.16. The number of hydrogen-bond acceptors (Lipinski definition) is 7. The average molecular weight is 419 g/mol. The van der Waals surface area contributed by atoms with E-state index in [1.807, 2.05) is 0 Å². The van der Waals surface area contributed by atoms with Crippen LogP contribution in [-0.2, 0) is 14.8 Å². The molecule has 3 rings (SSSR count). The second-order valence-electron chi connectivity index (χ2n) is 6.38. The normalized spacial score (nSPS) is 15.8. The molecule has 2 aromatic rings. The molecule has 29 heavy (non-hydrogen) atoms. The van der Waals surface area contributed by atoms with E-state index in [0.29, 0.717) is 24.5 Å². The number of nitrogens with one attached hydrogen (secondary N) is 1. The van der Waals surface area contributed by atoms with Crippen LogP contribution in [0.4, 0.5) is 0 Å². The van der Waals surface area contributed by atoms with Crippen LogP contribution in [0.25, 0.3) is 0 Å². The van der Waals surface area contributed by atoms with Crippen LogP contribution in [0.15, 0.2) is 52.5 Å². The summed E-state index contributed by atoms with van der Waals surface area (Å²) in [6, 6.07) is 9.71. The van der Waals surface area contributed by atoms with E-state index < -0.39 is 15.9 Å². The van der Waals surface area contributed by atoms with E-state index in [1.165, 1.54) is 40.7 Å². The molecule has 0 saturated carbocycles. The molecule has 1 heterocycles. The lowest BCUT2D eigenvalue weighted by Gasteiger charge is -2.26. The number of carbonyl (C=O) groups is 1. The third-order valence-corrected chi connectivity index (χ3v) is 6.29. The topological polar surface area (TPSA) is 129 Å². The zero-order chi connectivity index (χ0) is 21.0.